The molecule has 0 aliphatic carbocycles. The first-order chi connectivity index (χ1) is 13.2. The Morgan fingerprint density at radius 3 is 2.96 bits per heavy atom. The first-order valence-electron chi connectivity index (χ1n) is 8.65. The highest BCUT2D eigenvalue weighted by atomic mass is 32.1. The summed E-state index contributed by atoms with van der Waals surface area (Å²) in [6.45, 7) is 2.95. The molecule has 0 saturated heterocycles. The van der Waals surface area contributed by atoms with Gasteiger partial charge in [0.05, 0.1) is 23.0 Å². The van der Waals surface area contributed by atoms with Crippen molar-refractivity contribution in [2.75, 3.05) is 18.5 Å². The highest BCUT2D eigenvalue weighted by Gasteiger charge is 2.17. The summed E-state index contributed by atoms with van der Waals surface area (Å²) in [5, 5.41) is 1.89. The van der Waals surface area contributed by atoms with Crippen LogP contribution in [0, 0.1) is 0 Å². The van der Waals surface area contributed by atoms with Crippen LogP contribution in [-0.4, -0.2) is 28.1 Å². The van der Waals surface area contributed by atoms with E-state index in [1.165, 1.54) is 11.3 Å². The molecule has 0 amide bonds. The zero-order valence-electron chi connectivity index (χ0n) is 14.8. The highest BCUT2D eigenvalue weighted by Crippen LogP contribution is 2.35. The molecule has 0 atom stereocenters. The number of rotatable bonds is 3. The van der Waals surface area contributed by atoms with Crippen LogP contribution in [-0.2, 0) is 0 Å². The first-order valence-corrected chi connectivity index (χ1v) is 9.46. The van der Waals surface area contributed by atoms with E-state index in [-0.39, 0.29) is 5.56 Å². The highest BCUT2D eigenvalue weighted by molar-refractivity contribution is 7.25. The van der Waals surface area contributed by atoms with Crippen molar-refractivity contribution in [3.8, 4) is 5.69 Å². The van der Waals surface area contributed by atoms with Crippen LogP contribution in [0.15, 0.2) is 58.3 Å². The Labute approximate surface area is 158 Å². The summed E-state index contributed by atoms with van der Waals surface area (Å²) in [5.41, 5.74) is 3.22. The monoisotopic (exact) mass is 376 g/mol. The molecule has 0 aliphatic heterocycles. The number of nitrogens with zero attached hydrogens (tertiary/aromatic N) is 4. The fourth-order valence-electron chi connectivity index (χ4n) is 3.31. The molecule has 5 rings (SSSR count). The normalized spacial score (nSPS) is 11.6. The van der Waals surface area contributed by atoms with Gasteiger partial charge in [-0.1, -0.05) is 0 Å². The zero-order valence-corrected chi connectivity index (χ0v) is 15.7. The number of pyridine rings is 1. The molecule has 0 saturated carbocycles. The Morgan fingerprint density at radius 2 is 2.11 bits per heavy atom. The molecule has 1 aromatic carbocycles. The van der Waals surface area contributed by atoms with E-state index in [4.69, 9.17) is 4.42 Å². The summed E-state index contributed by atoms with van der Waals surface area (Å²) in [7, 11) is 2.03. The van der Waals surface area contributed by atoms with Crippen LogP contribution in [0.25, 0.3) is 37.1 Å². The predicted molar refractivity (Wildman–Crippen MR) is 109 cm³/mol. The van der Waals surface area contributed by atoms with E-state index in [1.54, 1.807) is 23.4 Å². The SMILES string of the molecule is CCN(C)c1ccnc2sc3c(=O)n(-c4ccc5occc5c4)cnc3c12. The second-order valence-electron chi connectivity index (χ2n) is 6.37. The van der Waals surface area contributed by atoms with Crippen molar-refractivity contribution < 1.29 is 4.42 Å². The molecule has 7 heteroatoms. The van der Waals surface area contributed by atoms with E-state index >= 15 is 0 Å². The molecule has 0 radical (unpaired) electrons. The summed E-state index contributed by atoms with van der Waals surface area (Å²) in [5.74, 6) is 0. The van der Waals surface area contributed by atoms with Gasteiger partial charge in [-0.05, 0) is 37.3 Å². The Kier molecular flexibility index (Phi) is 3.51. The van der Waals surface area contributed by atoms with Gasteiger partial charge in [0.1, 0.15) is 27.0 Å². The molecule has 134 valence electrons. The molecule has 0 spiro atoms. The molecule has 0 unspecified atom stereocenters. The Morgan fingerprint density at radius 1 is 1.22 bits per heavy atom. The van der Waals surface area contributed by atoms with E-state index in [0.29, 0.717) is 10.2 Å². The lowest BCUT2D eigenvalue weighted by Gasteiger charge is -2.17. The number of hydrogen-bond acceptors (Lipinski definition) is 6. The average Bonchev–Trinajstić information content (AvgIpc) is 3.31. The van der Waals surface area contributed by atoms with Crippen LogP contribution in [0.4, 0.5) is 5.69 Å². The minimum atomic E-state index is -0.0871. The van der Waals surface area contributed by atoms with E-state index in [1.807, 2.05) is 37.4 Å². The quantitative estimate of drug-likeness (QED) is 0.472. The summed E-state index contributed by atoms with van der Waals surface area (Å²) < 4.78 is 7.57. The van der Waals surface area contributed by atoms with Crippen molar-refractivity contribution >= 4 is 48.4 Å². The van der Waals surface area contributed by atoms with Crippen molar-refractivity contribution in [3.05, 3.63) is 59.5 Å². The van der Waals surface area contributed by atoms with E-state index in [2.05, 4.69) is 21.8 Å². The molecule has 0 fully saturated rings. The summed E-state index contributed by atoms with van der Waals surface area (Å²) in [4.78, 5) is 25.3. The topological polar surface area (TPSA) is 64.2 Å². The predicted octanol–water partition coefficient (Wildman–Crippen LogP) is 4.20. The van der Waals surface area contributed by atoms with E-state index in [9.17, 15) is 4.79 Å². The Balaban J connectivity index is 1.78. The summed E-state index contributed by atoms with van der Waals surface area (Å²) in [6, 6.07) is 9.50. The van der Waals surface area contributed by atoms with Crippen LogP contribution in [0.2, 0.25) is 0 Å². The fourth-order valence-corrected chi connectivity index (χ4v) is 4.36. The third-order valence-electron chi connectivity index (χ3n) is 4.86. The number of hydrogen-bond donors (Lipinski definition) is 0. The van der Waals surface area contributed by atoms with Gasteiger partial charge in [-0.25, -0.2) is 9.97 Å². The second kappa shape index (κ2) is 5.92. The van der Waals surface area contributed by atoms with Crippen LogP contribution < -0.4 is 10.5 Å². The van der Waals surface area contributed by atoms with Gasteiger partial charge < -0.3 is 9.32 Å². The molecule has 27 heavy (non-hydrogen) atoms. The standard InChI is InChI=1S/C20H16N4O2S/c1-3-23(2)14-6-8-21-19-16(14)17-18(27-19)20(25)24(11-22-17)13-4-5-15-12(10-13)7-9-26-15/h4-11H,3H2,1-2H3. The van der Waals surface area contributed by atoms with Crippen LogP contribution >= 0.6 is 11.3 Å². The van der Waals surface area contributed by atoms with Gasteiger partial charge in [0.25, 0.3) is 5.56 Å². The average molecular weight is 376 g/mol. The molecule has 4 heterocycles. The maximum absolute atomic E-state index is 13.2. The van der Waals surface area contributed by atoms with E-state index in [0.717, 1.165) is 39.1 Å². The number of furan rings is 1. The van der Waals surface area contributed by atoms with Gasteiger partial charge in [-0.3, -0.25) is 9.36 Å². The molecule has 0 bridgehead atoms. The third-order valence-corrected chi connectivity index (χ3v) is 5.93. The second-order valence-corrected chi connectivity index (χ2v) is 7.37. The Bertz CT molecular complexity index is 1370. The largest absolute Gasteiger partial charge is 0.464 e. The van der Waals surface area contributed by atoms with Gasteiger partial charge >= 0.3 is 0 Å². The third kappa shape index (κ3) is 2.35. The van der Waals surface area contributed by atoms with Crippen molar-refractivity contribution in [2.45, 2.75) is 6.92 Å². The van der Waals surface area contributed by atoms with E-state index < -0.39 is 0 Å². The smallest absolute Gasteiger partial charge is 0.275 e. The van der Waals surface area contributed by atoms with Crippen molar-refractivity contribution in [1.82, 2.24) is 14.5 Å². The van der Waals surface area contributed by atoms with Crippen molar-refractivity contribution in [2.24, 2.45) is 0 Å². The number of thiophene rings is 1. The van der Waals surface area contributed by atoms with Gasteiger partial charge in [0, 0.05) is 25.2 Å². The number of benzene rings is 1. The molecular weight excluding hydrogens is 360 g/mol. The lowest BCUT2D eigenvalue weighted by Crippen LogP contribution is -2.18. The lowest BCUT2D eigenvalue weighted by molar-refractivity contribution is 0.616. The molecule has 4 aromatic heterocycles. The molecule has 5 aromatic rings. The molecule has 0 N–H and O–H groups in total. The van der Waals surface area contributed by atoms with Gasteiger partial charge in [-0.15, -0.1) is 11.3 Å². The molecule has 0 aliphatic rings. The van der Waals surface area contributed by atoms with Gasteiger partial charge in [0.15, 0.2) is 0 Å². The first kappa shape index (κ1) is 16.0. The van der Waals surface area contributed by atoms with Gasteiger partial charge in [0.2, 0.25) is 0 Å². The zero-order chi connectivity index (χ0) is 18.5. The Hall–Kier alpha value is -3.19. The fraction of sp³-hybridized carbons (Fsp3) is 0.150. The molecular formula is C20H16N4O2S. The minimum Gasteiger partial charge on any atom is -0.464 e. The van der Waals surface area contributed by atoms with Gasteiger partial charge in [-0.2, -0.15) is 0 Å². The minimum absolute atomic E-state index is 0.0871. The number of fused-ring (bicyclic) bond motifs is 4. The summed E-state index contributed by atoms with van der Waals surface area (Å²) in [6.07, 6.45) is 5.02. The van der Waals surface area contributed by atoms with Crippen molar-refractivity contribution in [3.63, 3.8) is 0 Å². The molecule has 6 nitrogen and oxygen atoms in total. The van der Waals surface area contributed by atoms with Crippen LogP contribution in [0.1, 0.15) is 6.92 Å². The number of aromatic nitrogens is 3. The summed E-state index contributed by atoms with van der Waals surface area (Å²) >= 11 is 1.39. The van der Waals surface area contributed by atoms with Crippen molar-refractivity contribution in [1.29, 1.82) is 0 Å². The van der Waals surface area contributed by atoms with Crippen LogP contribution in [0.3, 0.4) is 0 Å². The maximum atomic E-state index is 13.2. The number of anilines is 1. The lowest BCUT2D eigenvalue weighted by atomic mass is 10.2. The van der Waals surface area contributed by atoms with Crippen LogP contribution in [0.5, 0.6) is 0 Å². The maximum Gasteiger partial charge on any atom is 0.275 e.